The van der Waals surface area contributed by atoms with Gasteiger partial charge in [-0.05, 0) is 30.5 Å². The molecule has 0 saturated carbocycles. The second-order valence-corrected chi connectivity index (χ2v) is 5.94. The first-order valence-corrected chi connectivity index (χ1v) is 7.89. The number of rotatable bonds is 5. The predicted octanol–water partition coefficient (Wildman–Crippen LogP) is 2.19. The van der Waals surface area contributed by atoms with Gasteiger partial charge < -0.3 is 14.7 Å². The van der Waals surface area contributed by atoms with Crippen LogP contribution in [0.25, 0.3) is 0 Å². The van der Waals surface area contributed by atoms with E-state index >= 15 is 0 Å². The Morgan fingerprint density at radius 2 is 2.41 bits per heavy atom. The van der Waals surface area contributed by atoms with Gasteiger partial charge in [0.1, 0.15) is 17.6 Å². The van der Waals surface area contributed by atoms with Gasteiger partial charge in [0.15, 0.2) is 0 Å². The van der Waals surface area contributed by atoms with E-state index in [0.717, 1.165) is 24.3 Å². The molecule has 0 radical (unpaired) electrons. The number of hydrogen-bond donors (Lipinski definition) is 1. The Kier molecular flexibility index (Phi) is 4.24. The van der Waals surface area contributed by atoms with Crippen molar-refractivity contribution >= 4 is 22.6 Å². The van der Waals surface area contributed by atoms with E-state index in [9.17, 15) is 9.90 Å². The number of anilines is 1. The van der Waals surface area contributed by atoms with E-state index in [2.05, 4.69) is 9.36 Å². The molecule has 6 nitrogen and oxygen atoms in total. The number of aromatic nitrogens is 2. The second kappa shape index (κ2) is 6.31. The summed E-state index contributed by atoms with van der Waals surface area (Å²) in [6.45, 7) is 0.727. The van der Waals surface area contributed by atoms with Crippen molar-refractivity contribution in [3.05, 3.63) is 35.7 Å². The van der Waals surface area contributed by atoms with Crippen molar-refractivity contribution in [2.45, 2.75) is 25.3 Å². The second-order valence-electron chi connectivity index (χ2n) is 5.21. The molecule has 22 heavy (non-hydrogen) atoms. The number of aliphatic carboxylic acids is 1. The minimum atomic E-state index is -0.790. The zero-order chi connectivity index (χ0) is 15.5. The van der Waals surface area contributed by atoms with Gasteiger partial charge in [-0.3, -0.25) is 0 Å². The molecule has 1 fully saturated rings. The molecule has 2 aromatic rings. The standard InChI is InChI=1S/C15H17N3O3S/c1-21-11-5-2-4-10(8-11)9-13-16-15(22-17-13)18-7-3-6-12(18)14(19)20/h2,4-5,8,12H,3,6-7,9H2,1H3,(H,19,20)/t12-/m1/s1. The zero-order valence-electron chi connectivity index (χ0n) is 12.2. The lowest BCUT2D eigenvalue weighted by Gasteiger charge is -2.19. The normalized spacial score (nSPS) is 17.7. The van der Waals surface area contributed by atoms with Gasteiger partial charge in [-0.2, -0.15) is 4.37 Å². The van der Waals surface area contributed by atoms with Crippen LogP contribution in [0.5, 0.6) is 5.75 Å². The number of ether oxygens (including phenoxy) is 1. The summed E-state index contributed by atoms with van der Waals surface area (Å²) in [5.41, 5.74) is 1.07. The number of methoxy groups -OCH3 is 1. The smallest absolute Gasteiger partial charge is 0.326 e. The van der Waals surface area contributed by atoms with Crippen LogP contribution in [0.1, 0.15) is 24.2 Å². The molecule has 1 saturated heterocycles. The van der Waals surface area contributed by atoms with E-state index in [1.165, 1.54) is 11.5 Å². The van der Waals surface area contributed by atoms with Crippen molar-refractivity contribution < 1.29 is 14.6 Å². The minimum absolute atomic E-state index is 0.474. The van der Waals surface area contributed by atoms with E-state index in [1.54, 1.807) is 7.11 Å². The highest BCUT2D eigenvalue weighted by Crippen LogP contribution is 2.27. The highest BCUT2D eigenvalue weighted by Gasteiger charge is 2.32. The fourth-order valence-electron chi connectivity index (χ4n) is 2.65. The third-order valence-electron chi connectivity index (χ3n) is 3.74. The fraction of sp³-hybridized carbons (Fsp3) is 0.400. The Hall–Kier alpha value is -2.15. The Balaban J connectivity index is 1.74. The Bertz CT molecular complexity index is 674. The van der Waals surface area contributed by atoms with E-state index in [1.807, 2.05) is 29.2 Å². The summed E-state index contributed by atoms with van der Waals surface area (Å²) in [4.78, 5) is 17.6. The molecule has 7 heteroatoms. The molecule has 1 atom stereocenters. The Labute approximate surface area is 132 Å². The van der Waals surface area contributed by atoms with Gasteiger partial charge in [-0.25, -0.2) is 9.78 Å². The van der Waals surface area contributed by atoms with E-state index in [4.69, 9.17) is 4.74 Å². The lowest BCUT2D eigenvalue weighted by molar-refractivity contribution is -0.138. The molecule has 0 aliphatic carbocycles. The van der Waals surface area contributed by atoms with Crippen molar-refractivity contribution in [1.29, 1.82) is 0 Å². The summed E-state index contributed by atoms with van der Waals surface area (Å²) in [7, 11) is 1.64. The molecule has 3 rings (SSSR count). The summed E-state index contributed by atoms with van der Waals surface area (Å²) in [6, 6.07) is 7.31. The maximum atomic E-state index is 11.3. The third-order valence-corrected chi connectivity index (χ3v) is 4.53. The van der Waals surface area contributed by atoms with Crippen molar-refractivity contribution in [2.75, 3.05) is 18.6 Å². The van der Waals surface area contributed by atoms with Gasteiger partial charge in [0.05, 0.1) is 7.11 Å². The number of nitrogens with zero attached hydrogens (tertiary/aromatic N) is 3. The molecule has 1 aliphatic heterocycles. The first kappa shape index (κ1) is 14.8. The van der Waals surface area contributed by atoms with Crippen molar-refractivity contribution in [3.63, 3.8) is 0 Å². The van der Waals surface area contributed by atoms with E-state index in [0.29, 0.717) is 23.8 Å². The first-order valence-electron chi connectivity index (χ1n) is 7.12. The van der Waals surface area contributed by atoms with Gasteiger partial charge in [-0.1, -0.05) is 12.1 Å². The lowest BCUT2D eigenvalue weighted by atomic mass is 10.1. The van der Waals surface area contributed by atoms with Gasteiger partial charge in [0.25, 0.3) is 0 Å². The van der Waals surface area contributed by atoms with Crippen LogP contribution in [-0.4, -0.2) is 40.1 Å². The van der Waals surface area contributed by atoms with Gasteiger partial charge in [0.2, 0.25) is 5.13 Å². The number of benzene rings is 1. The largest absolute Gasteiger partial charge is 0.497 e. The molecule has 1 aliphatic rings. The summed E-state index contributed by atoms with van der Waals surface area (Å²) in [5, 5.41) is 9.94. The molecular weight excluding hydrogens is 302 g/mol. The highest BCUT2D eigenvalue weighted by molar-refractivity contribution is 7.09. The third kappa shape index (κ3) is 3.04. The van der Waals surface area contributed by atoms with Crippen molar-refractivity contribution in [2.24, 2.45) is 0 Å². The molecule has 0 spiro atoms. The molecule has 116 valence electrons. The predicted molar refractivity (Wildman–Crippen MR) is 83.7 cm³/mol. The zero-order valence-corrected chi connectivity index (χ0v) is 13.0. The van der Waals surface area contributed by atoms with Crippen LogP contribution in [0, 0.1) is 0 Å². The first-order chi connectivity index (χ1) is 10.7. The van der Waals surface area contributed by atoms with Crippen LogP contribution in [-0.2, 0) is 11.2 Å². The van der Waals surface area contributed by atoms with Gasteiger partial charge in [-0.15, -0.1) is 0 Å². The Morgan fingerprint density at radius 3 is 3.18 bits per heavy atom. The summed E-state index contributed by atoms with van der Waals surface area (Å²) in [6.07, 6.45) is 2.15. The van der Waals surface area contributed by atoms with Crippen LogP contribution in [0.3, 0.4) is 0 Å². The fourth-order valence-corrected chi connectivity index (χ4v) is 3.41. The molecule has 0 amide bonds. The van der Waals surface area contributed by atoms with Crippen molar-refractivity contribution in [3.8, 4) is 5.75 Å². The number of carbonyl (C=O) groups is 1. The quantitative estimate of drug-likeness (QED) is 0.910. The topological polar surface area (TPSA) is 75.5 Å². The number of carboxylic acid groups (broad SMARTS) is 1. The van der Waals surface area contributed by atoms with Gasteiger partial charge in [0, 0.05) is 24.5 Å². The minimum Gasteiger partial charge on any atom is -0.497 e. The Morgan fingerprint density at radius 1 is 1.55 bits per heavy atom. The van der Waals surface area contributed by atoms with E-state index < -0.39 is 12.0 Å². The molecule has 0 bridgehead atoms. The monoisotopic (exact) mass is 319 g/mol. The van der Waals surface area contributed by atoms with Crippen LogP contribution >= 0.6 is 11.5 Å². The molecule has 1 aromatic heterocycles. The average Bonchev–Trinajstić information content (AvgIpc) is 3.15. The summed E-state index contributed by atoms with van der Waals surface area (Å²) < 4.78 is 9.57. The average molecular weight is 319 g/mol. The molecular formula is C15H17N3O3S. The summed E-state index contributed by atoms with van der Waals surface area (Å²) >= 11 is 1.27. The lowest BCUT2D eigenvalue weighted by Crippen LogP contribution is -2.35. The highest BCUT2D eigenvalue weighted by atomic mass is 32.1. The molecule has 1 N–H and O–H groups in total. The maximum absolute atomic E-state index is 11.3. The van der Waals surface area contributed by atoms with Crippen LogP contribution in [0.2, 0.25) is 0 Å². The number of carboxylic acids is 1. The van der Waals surface area contributed by atoms with E-state index in [-0.39, 0.29) is 0 Å². The summed E-state index contributed by atoms with van der Waals surface area (Å²) in [5.74, 6) is 0.727. The van der Waals surface area contributed by atoms with Gasteiger partial charge >= 0.3 is 5.97 Å². The SMILES string of the molecule is COc1cccc(Cc2nsc(N3CCC[C@@H]3C(=O)O)n2)c1. The van der Waals surface area contributed by atoms with Crippen LogP contribution in [0.15, 0.2) is 24.3 Å². The number of hydrogen-bond acceptors (Lipinski definition) is 6. The van der Waals surface area contributed by atoms with Crippen LogP contribution < -0.4 is 9.64 Å². The maximum Gasteiger partial charge on any atom is 0.326 e. The molecule has 2 heterocycles. The van der Waals surface area contributed by atoms with Crippen molar-refractivity contribution in [1.82, 2.24) is 9.36 Å². The molecule has 1 aromatic carbocycles. The van der Waals surface area contributed by atoms with Crippen LogP contribution in [0.4, 0.5) is 5.13 Å². The molecule has 0 unspecified atom stereocenters.